The highest BCUT2D eigenvalue weighted by molar-refractivity contribution is 7.19. The Hall–Kier alpha value is -2.55. The Balaban J connectivity index is 1.62. The highest BCUT2D eigenvalue weighted by Crippen LogP contribution is 2.38. The molecule has 4 rings (SSSR count). The number of anilines is 2. The number of nitrogens with zero attached hydrogens (tertiary/aromatic N) is 3. The molecule has 2 aromatic heterocycles. The number of hydrogen-bond acceptors (Lipinski definition) is 6. The first-order valence-electron chi connectivity index (χ1n) is 9.14. The zero-order chi connectivity index (χ0) is 20.4. The highest BCUT2D eigenvalue weighted by atomic mass is 35.5. The normalized spacial score (nSPS) is 13.8. The van der Waals surface area contributed by atoms with Crippen LogP contribution in [0.3, 0.4) is 0 Å². The van der Waals surface area contributed by atoms with Crippen molar-refractivity contribution in [3.05, 3.63) is 58.0 Å². The van der Waals surface area contributed by atoms with Gasteiger partial charge in [-0.25, -0.2) is 14.4 Å². The lowest BCUT2D eigenvalue weighted by atomic mass is 10.0. The Morgan fingerprint density at radius 1 is 1.41 bits per heavy atom. The fraction of sp³-hybridized carbons (Fsp3) is 0.250. The fourth-order valence-electron chi connectivity index (χ4n) is 3.30. The molecule has 1 aliphatic rings. The van der Waals surface area contributed by atoms with Gasteiger partial charge in [-0.05, 0) is 37.2 Å². The van der Waals surface area contributed by atoms with Gasteiger partial charge in [0, 0.05) is 29.7 Å². The molecule has 0 atom stereocenters. The summed E-state index contributed by atoms with van der Waals surface area (Å²) >= 11 is 7.33. The van der Waals surface area contributed by atoms with E-state index in [1.165, 1.54) is 18.5 Å². The number of carbonyl (C=O) groups excluding carboxylic acids is 1. The van der Waals surface area contributed by atoms with Crippen molar-refractivity contribution in [3.8, 4) is 0 Å². The molecule has 150 valence electrons. The van der Waals surface area contributed by atoms with Crippen LogP contribution >= 0.6 is 22.9 Å². The molecule has 0 aliphatic carbocycles. The smallest absolute Gasteiger partial charge is 0.246 e. The number of aromatic nitrogens is 2. The van der Waals surface area contributed by atoms with Gasteiger partial charge < -0.3 is 15.5 Å². The van der Waals surface area contributed by atoms with Crippen LogP contribution in [0.4, 0.5) is 15.9 Å². The minimum Gasteiger partial charge on any atom is -0.339 e. The first kappa shape index (κ1) is 19.8. The van der Waals surface area contributed by atoms with Gasteiger partial charge in [-0.15, -0.1) is 11.3 Å². The molecule has 0 spiro atoms. The van der Waals surface area contributed by atoms with Crippen LogP contribution in [0.25, 0.3) is 10.2 Å². The Kier molecular flexibility index (Phi) is 5.75. The molecule has 0 fully saturated rings. The molecule has 3 heterocycles. The van der Waals surface area contributed by atoms with E-state index in [0.717, 1.165) is 27.1 Å². The third-order valence-corrected chi connectivity index (χ3v) is 6.14. The van der Waals surface area contributed by atoms with E-state index < -0.39 is 5.82 Å². The van der Waals surface area contributed by atoms with Gasteiger partial charge in [0.25, 0.3) is 0 Å². The maximum absolute atomic E-state index is 13.8. The van der Waals surface area contributed by atoms with E-state index in [1.807, 2.05) is 18.0 Å². The molecule has 0 radical (unpaired) electrons. The highest BCUT2D eigenvalue weighted by Gasteiger charge is 2.25. The van der Waals surface area contributed by atoms with E-state index in [-0.39, 0.29) is 10.9 Å². The van der Waals surface area contributed by atoms with E-state index in [2.05, 4.69) is 20.6 Å². The van der Waals surface area contributed by atoms with Crippen molar-refractivity contribution >= 4 is 50.6 Å². The van der Waals surface area contributed by atoms with Crippen molar-refractivity contribution in [2.24, 2.45) is 0 Å². The van der Waals surface area contributed by atoms with Gasteiger partial charge >= 0.3 is 0 Å². The largest absolute Gasteiger partial charge is 0.339 e. The number of amides is 1. The SMILES string of the molecule is CNC/C=C/C(=O)N1CCc2c(sc3ncnc(Nc4ccc(Cl)c(F)c4)c23)C1. The van der Waals surface area contributed by atoms with Crippen LogP contribution in [-0.4, -0.2) is 40.9 Å². The standard InChI is InChI=1S/C20H19ClFN5OS/c1-23-7-2-3-17(28)27-8-6-13-16(10-27)29-20-18(13)19(24-11-25-20)26-12-4-5-14(21)15(22)9-12/h2-5,9,11,23H,6-8,10H2,1H3,(H,24,25,26)/b3-2+. The number of rotatable bonds is 5. The first-order chi connectivity index (χ1) is 14.1. The van der Waals surface area contributed by atoms with Crippen molar-refractivity contribution in [1.82, 2.24) is 20.2 Å². The van der Waals surface area contributed by atoms with Crippen LogP contribution in [0.15, 0.2) is 36.7 Å². The Morgan fingerprint density at radius 3 is 3.07 bits per heavy atom. The number of nitrogens with one attached hydrogen (secondary N) is 2. The number of hydrogen-bond donors (Lipinski definition) is 2. The first-order valence-corrected chi connectivity index (χ1v) is 10.3. The average molecular weight is 432 g/mol. The van der Waals surface area contributed by atoms with E-state index in [0.29, 0.717) is 31.1 Å². The number of benzene rings is 1. The lowest BCUT2D eigenvalue weighted by Crippen LogP contribution is -2.34. The molecule has 1 aromatic carbocycles. The third-order valence-electron chi connectivity index (χ3n) is 4.71. The zero-order valence-corrected chi connectivity index (χ0v) is 17.3. The predicted octanol–water partition coefficient (Wildman–Crippen LogP) is 3.89. The Morgan fingerprint density at radius 2 is 2.28 bits per heavy atom. The number of halogens is 2. The number of thiophene rings is 1. The average Bonchev–Trinajstić information content (AvgIpc) is 3.09. The van der Waals surface area contributed by atoms with Gasteiger partial charge in [0.05, 0.1) is 17.0 Å². The van der Waals surface area contributed by atoms with Crippen molar-refractivity contribution in [2.45, 2.75) is 13.0 Å². The monoisotopic (exact) mass is 431 g/mol. The van der Waals surface area contributed by atoms with Crippen LogP contribution in [0.1, 0.15) is 10.4 Å². The summed E-state index contributed by atoms with van der Waals surface area (Å²) in [6.45, 7) is 1.84. The van der Waals surface area contributed by atoms with Gasteiger partial charge in [0.1, 0.15) is 22.8 Å². The molecule has 6 nitrogen and oxygen atoms in total. The molecule has 9 heteroatoms. The second kappa shape index (κ2) is 8.44. The summed E-state index contributed by atoms with van der Waals surface area (Å²) in [6, 6.07) is 4.55. The zero-order valence-electron chi connectivity index (χ0n) is 15.7. The second-order valence-electron chi connectivity index (χ2n) is 6.63. The third kappa shape index (κ3) is 4.10. The molecule has 2 N–H and O–H groups in total. The summed E-state index contributed by atoms with van der Waals surface area (Å²) in [5.41, 5.74) is 1.71. The summed E-state index contributed by atoms with van der Waals surface area (Å²) in [6.07, 6.45) is 5.64. The van der Waals surface area contributed by atoms with E-state index in [1.54, 1.807) is 23.5 Å². The van der Waals surface area contributed by atoms with E-state index >= 15 is 0 Å². The van der Waals surface area contributed by atoms with Gasteiger partial charge in [-0.2, -0.15) is 0 Å². The number of fused-ring (bicyclic) bond motifs is 3. The second-order valence-corrected chi connectivity index (χ2v) is 8.12. The lowest BCUT2D eigenvalue weighted by Gasteiger charge is -2.26. The minimum atomic E-state index is -0.491. The van der Waals surface area contributed by atoms with Gasteiger partial charge in [-0.1, -0.05) is 17.7 Å². The number of carbonyl (C=O) groups is 1. The van der Waals surface area contributed by atoms with Crippen LogP contribution in [-0.2, 0) is 17.8 Å². The molecule has 29 heavy (non-hydrogen) atoms. The van der Waals surface area contributed by atoms with Crippen LogP contribution in [0.2, 0.25) is 5.02 Å². The van der Waals surface area contributed by atoms with Gasteiger partial charge in [0.2, 0.25) is 5.91 Å². The molecule has 0 bridgehead atoms. The predicted molar refractivity (Wildman–Crippen MR) is 114 cm³/mol. The molecule has 0 saturated carbocycles. The maximum Gasteiger partial charge on any atom is 0.246 e. The van der Waals surface area contributed by atoms with Crippen LogP contribution in [0.5, 0.6) is 0 Å². The summed E-state index contributed by atoms with van der Waals surface area (Å²) in [5.74, 6) is 0.141. The molecule has 1 amide bonds. The van der Waals surface area contributed by atoms with Crippen LogP contribution in [0, 0.1) is 5.82 Å². The van der Waals surface area contributed by atoms with Crippen molar-refractivity contribution in [1.29, 1.82) is 0 Å². The molecule has 0 unspecified atom stereocenters. The summed E-state index contributed by atoms with van der Waals surface area (Å²) < 4.78 is 13.8. The van der Waals surface area contributed by atoms with E-state index in [4.69, 9.17) is 11.6 Å². The van der Waals surface area contributed by atoms with Crippen molar-refractivity contribution in [2.75, 3.05) is 25.5 Å². The lowest BCUT2D eigenvalue weighted by molar-refractivity contribution is -0.126. The fourth-order valence-corrected chi connectivity index (χ4v) is 4.62. The van der Waals surface area contributed by atoms with Crippen molar-refractivity contribution < 1.29 is 9.18 Å². The molecular weight excluding hydrogens is 413 g/mol. The molecule has 1 aliphatic heterocycles. The maximum atomic E-state index is 13.8. The minimum absolute atomic E-state index is 0.00410. The molecule has 0 saturated heterocycles. The Labute approximate surface area is 176 Å². The summed E-state index contributed by atoms with van der Waals surface area (Å²) in [7, 11) is 1.84. The number of likely N-dealkylation sites (N-methyl/N-ethyl adjacent to an activating group) is 1. The molecule has 3 aromatic rings. The van der Waals surface area contributed by atoms with E-state index in [9.17, 15) is 9.18 Å². The quantitative estimate of drug-likeness (QED) is 0.600. The summed E-state index contributed by atoms with van der Waals surface area (Å²) in [4.78, 5) is 24.9. The van der Waals surface area contributed by atoms with Crippen LogP contribution < -0.4 is 10.6 Å². The Bertz CT molecular complexity index is 1100. The van der Waals surface area contributed by atoms with Crippen molar-refractivity contribution in [3.63, 3.8) is 0 Å². The van der Waals surface area contributed by atoms with Gasteiger partial charge in [0.15, 0.2) is 0 Å². The molecular formula is C20H19ClFN5OS. The summed E-state index contributed by atoms with van der Waals surface area (Å²) in [5, 5.41) is 7.17. The topological polar surface area (TPSA) is 70.2 Å². The van der Waals surface area contributed by atoms with Gasteiger partial charge in [-0.3, -0.25) is 4.79 Å².